The van der Waals surface area contributed by atoms with Crippen LogP contribution < -0.4 is 15.8 Å². The number of nitrogens with zero attached hydrogens (tertiary/aromatic N) is 2. The molecule has 1 rings (SSSR count). The first-order valence-corrected chi connectivity index (χ1v) is 7.19. The molecule has 19 heavy (non-hydrogen) atoms. The number of hydrogen-bond donors (Lipinski definition) is 2. The molecule has 0 amide bonds. The molecule has 3 N–H and O–H groups in total. The van der Waals surface area contributed by atoms with Crippen LogP contribution in [0.3, 0.4) is 0 Å². The number of rotatable bonds is 10. The second-order valence-corrected chi connectivity index (χ2v) is 4.68. The van der Waals surface area contributed by atoms with E-state index < -0.39 is 0 Å². The summed E-state index contributed by atoms with van der Waals surface area (Å²) in [5, 5.41) is 3.27. The lowest BCUT2D eigenvalue weighted by Gasteiger charge is -2.16. The summed E-state index contributed by atoms with van der Waals surface area (Å²) < 4.78 is 5.49. The molecule has 0 saturated carbocycles. The van der Waals surface area contributed by atoms with Crippen molar-refractivity contribution in [2.75, 3.05) is 25.0 Å². The molecule has 0 saturated heterocycles. The molecular weight excluding hydrogens is 240 g/mol. The number of hydrogen-bond acceptors (Lipinski definition) is 5. The first-order valence-electron chi connectivity index (χ1n) is 7.19. The van der Waals surface area contributed by atoms with E-state index in [0.717, 1.165) is 25.9 Å². The number of ether oxygens (including phenoxy) is 1. The van der Waals surface area contributed by atoms with E-state index >= 15 is 0 Å². The van der Waals surface area contributed by atoms with Crippen molar-refractivity contribution in [1.82, 2.24) is 9.97 Å². The van der Waals surface area contributed by atoms with Crippen molar-refractivity contribution in [2.45, 2.75) is 39.5 Å². The van der Waals surface area contributed by atoms with Gasteiger partial charge in [-0.25, -0.2) is 4.98 Å². The molecule has 0 aliphatic heterocycles. The van der Waals surface area contributed by atoms with E-state index in [1.54, 1.807) is 12.3 Å². The van der Waals surface area contributed by atoms with Gasteiger partial charge < -0.3 is 15.8 Å². The van der Waals surface area contributed by atoms with E-state index in [0.29, 0.717) is 24.4 Å². The predicted octanol–water partition coefficient (Wildman–Crippen LogP) is 2.44. The topological polar surface area (TPSA) is 73.1 Å². The second kappa shape index (κ2) is 9.55. The number of anilines is 1. The molecule has 1 unspecified atom stereocenters. The molecule has 108 valence electrons. The lowest BCUT2D eigenvalue weighted by molar-refractivity contribution is 0.305. The van der Waals surface area contributed by atoms with Crippen molar-refractivity contribution in [3.05, 3.63) is 12.3 Å². The molecule has 0 spiro atoms. The summed E-state index contributed by atoms with van der Waals surface area (Å²) in [6.07, 6.45) is 6.08. The molecule has 1 aromatic rings. The summed E-state index contributed by atoms with van der Waals surface area (Å²) in [5.74, 6) is 1.84. The number of nitrogens with one attached hydrogen (secondary N) is 1. The molecule has 0 fully saturated rings. The lowest BCUT2D eigenvalue weighted by atomic mass is 10.00. The monoisotopic (exact) mass is 266 g/mol. The quantitative estimate of drug-likeness (QED) is 0.680. The first-order chi connectivity index (χ1) is 9.30. The van der Waals surface area contributed by atoms with Crippen molar-refractivity contribution in [1.29, 1.82) is 0 Å². The Balaban J connectivity index is 2.46. The molecule has 0 aliphatic carbocycles. The van der Waals surface area contributed by atoms with E-state index in [2.05, 4.69) is 29.1 Å². The zero-order valence-corrected chi connectivity index (χ0v) is 12.1. The summed E-state index contributed by atoms with van der Waals surface area (Å²) >= 11 is 0. The van der Waals surface area contributed by atoms with Gasteiger partial charge in [-0.2, -0.15) is 4.98 Å². The van der Waals surface area contributed by atoms with Crippen LogP contribution in [0.4, 0.5) is 5.95 Å². The van der Waals surface area contributed by atoms with Crippen molar-refractivity contribution in [2.24, 2.45) is 11.7 Å². The zero-order chi connectivity index (χ0) is 13.9. The molecule has 0 aromatic carbocycles. The molecule has 0 bridgehead atoms. The summed E-state index contributed by atoms with van der Waals surface area (Å²) in [7, 11) is 0. The summed E-state index contributed by atoms with van der Waals surface area (Å²) in [6.45, 7) is 6.54. The smallest absolute Gasteiger partial charge is 0.225 e. The van der Waals surface area contributed by atoms with Crippen LogP contribution in [0.1, 0.15) is 39.5 Å². The molecule has 1 atom stereocenters. The van der Waals surface area contributed by atoms with E-state index in [1.807, 2.05) is 0 Å². The van der Waals surface area contributed by atoms with Gasteiger partial charge in [-0.3, -0.25) is 0 Å². The average Bonchev–Trinajstić information content (AvgIpc) is 2.43. The van der Waals surface area contributed by atoms with Crippen LogP contribution in [0, 0.1) is 5.92 Å². The van der Waals surface area contributed by atoms with Gasteiger partial charge in [-0.05, 0) is 31.7 Å². The fraction of sp³-hybridized carbons (Fsp3) is 0.714. The highest BCUT2D eigenvalue weighted by Gasteiger charge is 2.08. The minimum absolute atomic E-state index is 0.582. The Morgan fingerprint density at radius 3 is 2.84 bits per heavy atom. The van der Waals surface area contributed by atoms with Crippen LogP contribution in [0.15, 0.2) is 12.3 Å². The van der Waals surface area contributed by atoms with Crippen LogP contribution in [0.25, 0.3) is 0 Å². The van der Waals surface area contributed by atoms with Gasteiger partial charge in [0.1, 0.15) is 0 Å². The molecule has 1 heterocycles. The van der Waals surface area contributed by atoms with Gasteiger partial charge in [-0.1, -0.05) is 20.3 Å². The summed E-state index contributed by atoms with van der Waals surface area (Å²) in [5.41, 5.74) is 5.63. The van der Waals surface area contributed by atoms with Crippen molar-refractivity contribution in [3.8, 4) is 5.88 Å². The average molecular weight is 266 g/mol. The third-order valence-corrected chi connectivity index (χ3v) is 2.90. The van der Waals surface area contributed by atoms with E-state index in [9.17, 15) is 0 Å². The van der Waals surface area contributed by atoms with Crippen LogP contribution in [-0.4, -0.2) is 29.7 Å². The second-order valence-electron chi connectivity index (χ2n) is 4.68. The standard InChI is InChI=1S/C14H26N4O/c1-3-5-12(6-8-15)11-17-14-16-9-7-13(18-14)19-10-4-2/h7,9,12H,3-6,8,10-11,15H2,1-2H3,(H,16,17,18). The first kappa shape index (κ1) is 15.7. The van der Waals surface area contributed by atoms with Crippen molar-refractivity contribution < 1.29 is 4.74 Å². The van der Waals surface area contributed by atoms with Crippen LogP contribution in [0.5, 0.6) is 5.88 Å². The summed E-state index contributed by atoms with van der Waals surface area (Å²) in [6, 6.07) is 1.78. The fourth-order valence-corrected chi connectivity index (χ4v) is 1.94. The molecule has 5 heteroatoms. The SMILES string of the molecule is CCCOc1ccnc(NCC(CCC)CCN)n1. The highest BCUT2D eigenvalue weighted by atomic mass is 16.5. The van der Waals surface area contributed by atoms with Gasteiger partial charge >= 0.3 is 0 Å². The fourth-order valence-electron chi connectivity index (χ4n) is 1.94. The van der Waals surface area contributed by atoms with E-state index in [4.69, 9.17) is 10.5 Å². The number of aromatic nitrogens is 2. The van der Waals surface area contributed by atoms with Crippen molar-refractivity contribution >= 4 is 5.95 Å². The largest absolute Gasteiger partial charge is 0.478 e. The molecule has 0 aliphatic rings. The number of nitrogens with two attached hydrogens (primary N) is 1. The Morgan fingerprint density at radius 1 is 1.32 bits per heavy atom. The highest BCUT2D eigenvalue weighted by Crippen LogP contribution is 2.13. The van der Waals surface area contributed by atoms with E-state index in [1.165, 1.54) is 12.8 Å². The maximum Gasteiger partial charge on any atom is 0.225 e. The Bertz CT molecular complexity index is 340. The third kappa shape index (κ3) is 6.38. The van der Waals surface area contributed by atoms with E-state index in [-0.39, 0.29) is 0 Å². The molecule has 1 aromatic heterocycles. The maximum absolute atomic E-state index is 5.63. The van der Waals surface area contributed by atoms with Gasteiger partial charge in [0.05, 0.1) is 6.61 Å². The zero-order valence-electron chi connectivity index (χ0n) is 12.1. The van der Waals surface area contributed by atoms with Gasteiger partial charge in [0.25, 0.3) is 0 Å². The van der Waals surface area contributed by atoms with Crippen LogP contribution >= 0.6 is 0 Å². The normalized spacial score (nSPS) is 12.2. The van der Waals surface area contributed by atoms with Crippen molar-refractivity contribution in [3.63, 3.8) is 0 Å². The van der Waals surface area contributed by atoms with Gasteiger partial charge in [-0.15, -0.1) is 0 Å². The lowest BCUT2D eigenvalue weighted by Crippen LogP contribution is -2.19. The Hall–Kier alpha value is -1.36. The predicted molar refractivity (Wildman–Crippen MR) is 78.4 cm³/mol. The molecular formula is C14H26N4O. The Labute approximate surface area is 116 Å². The van der Waals surface area contributed by atoms with Crippen LogP contribution in [0.2, 0.25) is 0 Å². The molecule has 5 nitrogen and oxygen atoms in total. The van der Waals surface area contributed by atoms with Gasteiger partial charge in [0.15, 0.2) is 0 Å². The molecule has 0 radical (unpaired) electrons. The minimum Gasteiger partial charge on any atom is -0.478 e. The Kier molecular flexibility index (Phi) is 7.89. The Morgan fingerprint density at radius 2 is 2.16 bits per heavy atom. The van der Waals surface area contributed by atoms with Crippen LogP contribution in [-0.2, 0) is 0 Å². The van der Waals surface area contributed by atoms with Gasteiger partial charge in [0, 0.05) is 18.8 Å². The highest BCUT2D eigenvalue weighted by molar-refractivity contribution is 5.27. The third-order valence-electron chi connectivity index (χ3n) is 2.90. The van der Waals surface area contributed by atoms with Gasteiger partial charge in [0.2, 0.25) is 11.8 Å². The summed E-state index contributed by atoms with van der Waals surface area (Å²) in [4.78, 5) is 8.53. The minimum atomic E-state index is 0.582. The maximum atomic E-state index is 5.63.